The SMILES string of the molecule is CCOCC(=O)N1CCN(Cc2ccccc2)CC1. The molecule has 1 aromatic carbocycles. The molecule has 4 nitrogen and oxygen atoms in total. The van der Waals surface area contributed by atoms with Gasteiger partial charge in [0.15, 0.2) is 0 Å². The fourth-order valence-corrected chi connectivity index (χ4v) is 2.28. The van der Waals surface area contributed by atoms with Crippen molar-refractivity contribution in [2.45, 2.75) is 13.5 Å². The standard InChI is InChI=1S/C15H22N2O2/c1-2-19-13-15(18)17-10-8-16(9-11-17)12-14-6-4-3-5-7-14/h3-7H,2,8-13H2,1H3. The Morgan fingerprint density at radius 2 is 1.84 bits per heavy atom. The highest BCUT2D eigenvalue weighted by Crippen LogP contribution is 2.08. The number of carbonyl (C=O) groups excluding carboxylic acids is 1. The summed E-state index contributed by atoms with van der Waals surface area (Å²) >= 11 is 0. The first kappa shape index (κ1) is 14.0. The van der Waals surface area contributed by atoms with E-state index in [1.807, 2.05) is 17.9 Å². The van der Waals surface area contributed by atoms with Crippen molar-refractivity contribution in [2.24, 2.45) is 0 Å². The lowest BCUT2D eigenvalue weighted by molar-refractivity contribution is -0.137. The van der Waals surface area contributed by atoms with Crippen molar-refractivity contribution in [3.05, 3.63) is 35.9 Å². The molecule has 1 fully saturated rings. The Hall–Kier alpha value is -1.39. The summed E-state index contributed by atoms with van der Waals surface area (Å²) in [5.74, 6) is 0.112. The van der Waals surface area contributed by atoms with Gasteiger partial charge < -0.3 is 9.64 Å². The molecule has 1 aromatic rings. The van der Waals surface area contributed by atoms with Crippen LogP contribution in [0.5, 0.6) is 0 Å². The highest BCUT2D eigenvalue weighted by molar-refractivity contribution is 5.77. The maximum Gasteiger partial charge on any atom is 0.248 e. The summed E-state index contributed by atoms with van der Waals surface area (Å²) in [4.78, 5) is 16.1. The molecular weight excluding hydrogens is 240 g/mol. The van der Waals surface area contributed by atoms with E-state index in [0.29, 0.717) is 6.61 Å². The van der Waals surface area contributed by atoms with Gasteiger partial charge in [0.1, 0.15) is 6.61 Å². The zero-order chi connectivity index (χ0) is 13.5. The fraction of sp³-hybridized carbons (Fsp3) is 0.533. The average Bonchev–Trinajstić information content (AvgIpc) is 2.46. The zero-order valence-corrected chi connectivity index (χ0v) is 11.5. The molecule has 0 radical (unpaired) electrons. The topological polar surface area (TPSA) is 32.8 Å². The largest absolute Gasteiger partial charge is 0.372 e. The molecule has 0 atom stereocenters. The number of hydrogen-bond acceptors (Lipinski definition) is 3. The number of nitrogens with zero attached hydrogens (tertiary/aromatic N) is 2. The van der Waals surface area contributed by atoms with E-state index >= 15 is 0 Å². The molecule has 1 amide bonds. The van der Waals surface area contributed by atoms with Gasteiger partial charge in [-0.25, -0.2) is 0 Å². The molecule has 1 aliphatic rings. The lowest BCUT2D eigenvalue weighted by Crippen LogP contribution is -2.49. The van der Waals surface area contributed by atoms with E-state index in [9.17, 15) is 4.79 Å². The van der Waals surface area contributed by atoms with Crippen LogP contribution in [0.4, 0.5) is 0 Å². The van der Waals surface area contributed by atoms with Crippen molar-refractivity contribution < 1.29 is 9.53 Å². The maximum atomic E-state index is 11.8. The van der Waals surface area contributed by atoms with Crippen LogP contribution in [-0.4, -0.2) is 55.1 Å². The molecule has 0 saturated carbocycles. The summed E-state index contributed by atoms with van der Waals surface area (Å²) in [5, 5.41) is 0. The third-order valence-corrected chi connectivity index (χ3v) is 3.40. The second-order valence-electron chi connectivity index (χ2n) is 4.78. The first-order valence-corrected chi connectivity index (χ1v) is 6.91. The van der Waals surface area contributed by atoms with Gasteiger partial charge in [0.05, 0.1) is 0 Å². The highest BCUT2D eigenvalue weighted by Gasteiger charge is 2.20. The number of ether oxygens (including phenoxy) is 1. The summed E-state index contributed by atoms with van der Waals surface area (Å²) < 4.78 is 5.17. The van der Waals surface area contributed by atoms with Gasteiger partial charge in [0, 0.05) is 39.3 Å². The fourth-order valence-electron chi connectivity index (χ4n) is 2.28. The Morgan fingerprint density at radius 3 is 2.47 bits per heavy atom. The van der Waals surface area contributed by atoms with Gasteiger partial charge in [-0.2, -0.15) is 0 Å². The van der Waals surface area contributed by atoms with Crippen molar-refractivity contribution >= 4 is 5.91 Å². The molecule has 1 aliphatic heterocycles. The predicted molar refractivity (Wildman–Crippen MR) is 74.8 cm³/mol. The maximum absolute atomic E-state index is 11.8. The van der Waals surface area contributed by atoms with Gasteiger partial charge in [-0.05, 0) is 12.5 Å². The lowest BCUT2D eigenvalue weighted by Gasteiger charge is -2.34. The summed E-state index contributed by atoms with van der Waals surface area (Å²) in [7, 11) is 0. The van der Waals surface area contributed by atoms with E-state index in [0.717, 1.165) is 32.7 Å². The first-order valence-electron chi connectivity index (χ1n) is 6.91. The lowest BCUT2D eigenvalue weighted by atomic mass is 10.2. The van der Waals surface area contributed by atoms with E-state index in [4.69, 9.17) is 4.74 Å². The Labute approximate surface area is 115 Å². The quantitative estimate of drug-likeness (QED) is 0.803. The van der Waals surface area contributed by atoms with Gasteiger partial charge in [0.25, 0.3) is 0 Å². The molecule has 2 rings (SSSR count). The summed E-state index contributed by atoms with van der Waals surface area (Å²) in [6.45, 7) is 7.17. The summed E-state index contributed by atoms with van der Waals surface area (Å²) in [6.07, 6.45) is 0. The predicted octanol–water partition coefficient (Wildman–Crippen LogP) is 1.37. The van der Waals surface area contributed by atoms with Gasteiger partial charge >= 0.3 is 0 Å². The molecule has 0 bridgehead atoms. The van der Waals surface area contributed by atoms with Crippen molar-refractivity contribution in [2.75, 3.05) is 39.4 Å². The van der Waals surface area contributed by atoms with Crippen LogP contribution in [0.15, 0.2) is 30.3 Å². The van der Waals surface area contributed by atoms with E-state index in [-0.39, 0.29) is 12.5 Å². The van der Waals surface area contributed by atoms with Gasteiger partial charge in [-0.3, -0.25) is 9.69 Å². The van der Waals surface area contributed by atoms with E-state index in [1.165, 1.54) is 5.56 Å². The van der Waals surface area contributed by atoms with Crippen LogP contribution in [0.2, 0.25) is 0 Å². The number of hydrogen-bond donors (Lipinski definition) is 0. The van der Waals surface area contributed by atoms with E-state index in [1.54, 1.807) is 0 Å². The zero-order valence-electron chi connectivity index (χ0n) is 11.5. The third-order valence-electron chi connectivity index (χ3n) is 3.40. The number of rotatable bonds is 5. The van der Waals surface area contributed by atoms with Crippen molar-refractivity contribution in [3.8, 4) is 0 Å². The Kier molecular flexibility index (Phi) is 5.36. The third kappa shape index (κ3) is 4.33. The molecule has 0 unspecified atom stereocenters. The smallest absolute Gasteiger partial charge is 0.248 e. The van der Waals surface area contributed by atoms with Gasteiger partial charge in [0.2, 0.25) is 5.91 Å². The number of piperazine rings is 1. The first-order chi connectivity index (χ1) is 9.29. The van der Waals surface area contributed by atoms with Gasteiger partial charge in [-0.15, -0.1) is 0 Å². The minimum atomic E-state index is 0.112. The van der Waals surface area contributed by atoms with Crippen LogP contribution < -0.4 is 0 Å². The Morgan fingerprint density at radius 1 is 1.16 bits per heavy atom. The molecule has 0 aromatic heterocycles. The Bertz CT molecular complexity index is 386. The van der Waals surface area contributed by atoms with Crippen molar-refractivity contribution in [1.29, 1.82) is 0 Å². The molecule has 1 saturated heterocycles. The molecule has 0 N–H and O–H groups in total. The second-order valence-corrected chi connectivity index (χ2v) is 4.78. The van der Waals surface area contributed by atoms with Gasteiger partial charge in [-0.1, -0.05) is 30.3 Å². The monoisotopic (exact) mass is 262 g/mol. The minimum Gasteiger partial charge on any atom is -0.372 e. The molecule has 0 aliphatic carbocycles. The van der Waals surface area contributed by atoms with Crippen molar-refractivity contribution in [1.82, 2.24) is 9.80 Å². The van der Waals surface area contributed by atoms with E-state index in [2.05, 4.69) is 29.2 Å². The van der Waals surface area contributed by atoms with Crippen LogP contribution in [0.3, 0.4) is 0 Å². The number of carbonyl (C=O) groups is 1. The van der Waals surface area contributed by atoms with Crippen LogP contribution in [0.25, 0.3) is 0 Å². The average molecular weight is 262 g/mol. The van der Waals surface area contributed by atoms with E-state index < -0.39 is 0 Å². The molecule has 4 heteroatoms. The van der Waals surface area contributed by atoms with Crippen molar-refractivity contribution in [3.63, 3.8) is 0 Å². The van der Waals surface area contributed by atoms with Crippen LogP contribution in [0, 0.1) is 0 Å². The second kappa shape index (κ2) is 7.26. The minimum absolute atomic E-state index is 0.112. The summed E-state index contributed by atoms with van der Waals surface area (Å²) in [5.41, 5.74) is 1.33. The number of amides is 1. The summed E-state index contributed by atoms with van der Waals surface area (Å²) in [6, 6.07) is 10.5. The molecule has 104 valence electrons. The number of benzene rings is 1. The molecule has 19 heavy (non-hydrogen) atoms. The molecule has 1 heterocycles. The highest BCUT2D eigenvalue weighted by atomic mass is 16.5. The molecule has 0 spiro atoms. The van der Waals surface area contributed by atoms with Crippen LogP contribution >= 0.6 is 0 Å². The van der Waals surface area contributed by atoms with Crippen LogP contribution in [0.1, 0.15) is 12.5 Å². The van der Waals surface area contributed by atoms with Crippen LogP contribution in [-0.2, 0) is 16.1 Å². The normalized spacial score (nSPS) is 16.6. The Balaban J connectivity index is 1.75. The molecular formula is C15H22N2O2.